The SMILES string of the molecule is CCCOC(=O)C(CC)n1c(C(C)C)ccc(C#N)c1=O. The summed E-state index contributed by atoms with van der Waals surface area (Å²) in [5.74, 6) is -0.350. The molecule has 1 aromatic heterocycles. The summed E-state index contributed by atoms with van der Waals surface area (Å²) in [5.41, 5.74) is 0.351. The van der Waals surface area contributed by atoms with E-state index in [2.05, 4.69) is 0 Å². The monoisotopic (exact) mass is 290 g/mol. The molecule has 0 spiro atoms. The molecule has 0 saturated heterocycles. The predicted octanol–water partition coefficient (Wildman–Crippen LogP) is 2.75. The summed E-state index contributed by atoms with van der Waals surface area (Å²) >= 11 is 0. The summed E-state index contributed by atoms with van der Waals surface area (Å²) in [4.78, 5) is 24.6. The van der Waals surface area contributed by atoms with E-state index >= 15 is 0 Å². The number of esters is 1. The summed E-state index contributed by atoms with van der Waals surface area (Å²) in [6.07, 6.45) is 1.17. The molecule has 0 aromatic carbocycles. The fourth-order valence-electron chi connectivity index (χ4n) is 2.20. The number of pyridine rings is 1. The summed E-state index contributed by atoms with van der Waals surface area (Å²) in [6, 6.07) is 4.44. The van der Waals surface area contributed by atoms with E-state index in [0.29, 0.717) is 13.0 Å². The molecule has 0 N–H and O–H groups in total. The Morgan fingerprint density at radius 1 is 1.38 bits per heavy atom. The second-order valence-corrected chi connectivity index (χ2v) is 5.21. The van der Waals surface area contributed by atoms with Gasteiger partial charge in [0.25, 0.3) is 5.56 Å². The van der Waals surface area contributed by atoms with Gasteiger partial charge in [-0.15, -0.1) is 0 Å². The molecular formula is C16H22N2O3. The number of ether oxygens (including phenoxy) is 1. The van der Waals surface area contributed by atoms with E-state index in [0.717, 1.165) is 12.1 Å². The summed E-state index contributed by atoms with van der Waals surface area (Å²) in [7, 11) is 0. The number of hydrogen-bond donors (Lipinski definition) is 0. The molecule has 0 aliphatic carbocycles. The highest BCUT2D eigenvalue weighted by Crippen LogP contribution is 2.20. The maximum atomic E-state index is 12.4. The van der Waals surface area contributed by atoms with Crippen molar-refractivity contribution in [1.82, 2.24) is 4.57 Å². The van der Waals surface area contributed by atoms with E-state index in [1.54, 1.807) is 6.07 Å². The van der Waals surface area contributed by atoms with Crippen LogP contribution in [-0.2, 0) is 9.53 Å². The summed E-state index contributed by atoms with van der Waals surface area (Å²) < 4.78 is 6.60. The average molecular weight is 290 g/mol. The van der Waals surface area contributed by atoms with Crippen molar-refractivity contribution in [3.05, 3.63) is 33.7 Å². The first-order chi connectivity index (χ1) is 9.97. The predicted molar refractivity (Wildman–Crippen MR) is 80.1 cm³/mol. The number of carbonyl (C=O) groups is 1. The van der Waals surface area contributed by atoms with Crippen molar-refractivity contribution in [3.8, 4) is 6.07 Å². The smallest absolute Gasteiger partial charge is 0.329 e. The lowest BCUT2D eigenvalue weighted by Gasteiger charge is -2.22. The Kier molecular flexibility index (Phi) is 6.16. The van der Waals surface area contributed by atoms with Gasteiger partial charge in [0, 0.05) is 5.69 Å². The quantitative estimate of drug-likeness (QED) is 0.755. The minimum atomic E-state index is -0.685. The van der Waals surface area contributed by atoms with Crippen LogP contribution in [0.1, 0.15) is 63.8 Å². The van der Waals surface area contributed by atoms with Crippen molar-refractivity contribution in [3.63, 3.8) is 0 Å². The molecule has 21 heavy (non-hydrogen) atoms. The van der Waals surface area contributed by atoms with Gasteiger partial charge in [-0.05, 0) is 30.9 Å². The van der Waals surface area contributed by atoms with E-state index < -0.39 is 17.6 Å². The van der Waals surface area contributed by atoms with Crippen molar-refractivity contribution in [2.24, 2.45) is 0 Å². The first-order valence-corrected chi connectivity index (χ1v) is 7.30. The van der Waals surface area contributed by atoms with Crippen molar-refractivity contribution >= 4 is 5.97 Å². The Morgan fingerprint density at radius 3 is 2.52 bits per heavy atom. The lowest BCUT2D eigenvalue weighted by Crippen LogP contribution is -2.34. The van der Waals surface area contributed by atoms with Gasteiger partial charge in [-0.1, -0.05) is 27.7 Å². The molecule has 1 aromatic rings. The third-order valence-corrected chi connectivity index (χ3v) is 3.28. The van der Waals surface area contributed by atoms with Gasteiger partial charge in [0.2, 0.25) is 0 Å². The first kappa shape index (κ1) is 17.0. The van der Waals surface area contributed by atoms with Gasteiger partial charge in [0.15, 0.2) is 0 Å². The van der Waals surface area contributed by atoms with Crippen molar-refractivity contribution in [2.45, 2.75) is 52.5 Å². The van der Waals surface area contributed by atoms with Crippen LogP contribution in [-0.4, -0.2) is 17.1 Å². The molecule has 0 saturated carbocycles. The minimum absolute atomic E-state index is 0.0427. The molecular weight excluding hydrogens is 268 g/mol. The lowest BCUT2D eigenvalue weighted by atomic mass is 10.1. The third kappa shape index (κ3) is 3.72. The maximum absolute atomic E-state index is 12.4. The molecule has 1 rings (SSSR count). The fraction of sp³-hybridized carbons (Fsp3) is 0.562. The first-order valence-electron chi connectivity index (χ1n) is 7.30. The van der Waals surface area contributed by atoms with Gasteiger partial charge in [0.05, 0.1) is 6.61 Å². The molecule has 0 aliphatic rings. The number of hydrogen-bond acceptors (Lipinski definition) is 4. The van der Waals surface area contributed by atoms with E-state index in [1.807, 2.05) is 33.8 Å². The molecule has 1 heterocycles. The molecule has 5 heteroatoms. The largest absolute Gasteiger partial charge is 0.464 e. The topological polar surface area (TPSA) is 72.1 Å². The highest BCUT2D eigenvalue weighted by molar-refractivity contribution is 5.74. The summed E-state index contributed by atoms with van der Waals surface area (Å²) in [5, 5.41) is 9.03. The molecule has 0 aliphatic heterocycles. The van der Waals surface area contributed by atoms with Gasteiger partial charge in [-0.2, -0.15) is 5.26 Å². The highest BCUT2D eigenvalue weighted by atomic mass is 16.5. The van der Waals surface area contributed by atoms with E-state index in [1.165, 1.54) is 10.6 Å². The van der Waals surface area contributed by atoms with Crippen LogP contribution >= 0.6 is 0 Å². The van der Waals surface area contributed by atoms with Crippen LogP contribution in [0.25, 0.3) is 0 Å². The zero-order valence-electron chi connectivity index (χ0n) is 13.0. The Balaban J connectivity index is 3.39. The van der Waals surface area contributed by atoms with E-state index in [4.69, 9.17) is 10.00 Å². The van der Waals surface area contributed by atoms with Crippen LogP contribution < -0.4 is 5.56 Å². The second-order valence-electron chi connectivity index (χ2n) is 5.21. The zero-order chi connectivity index (χ0) is 16.0. The minimum Gasteiger partial charge on any atom is -0.464 e. The van der Waals surface area contributed by atoms with Gasteiger partial charge >= 0.3 is 5.97 Å². The number of aromatic nitrogens is 1. The van der Waals surface area contributed by atoms with Gasteiger partial charge in [0.1, 0.15) is 17.7 Å². The third-order valence-electron chi connectivity index (χ3n) is 3.28. The molecule has 0 bridgehead atoms. The van der Waals surface area contributed by atoms with E-state index in [9.17, 15) is 9.59 Å². The van der Waals surface area contributed by atoms with Crippen LogP contribution in [0.5, 0.6) is 0 Å². The lowest BCUT2D eigenvalue weighted by molar-refractivity contribution is -0.148. The molecule has 114 valence electrons. The Hall–Kier alpha value is -2.09. The number of nitrogens with zero attached hydrogens (tertiary/aromatic N) is 2. The van der Waals surface area contributed by atoms with Crippen LogP contribution in [0, 0.1) is 11.3 Å². The average Bonchev–Trinajstić information content (AvgIpc) is 2.46. The Morgan fingerprint density at radius 2 is 2.05 bits per heavy atom. The van der Waals surface area contributed by atoms with Crippen LogP contribution in [0.4, 0.5) is 0 Å². The van der Waals surface area contributed by atoms with Crippen LogP contribution in [0.2, 0.25) is 0 Å². The standard InChI is InChI=1S/C16H22N2O3/c1-5-9-21-16(20)13(6-2)18-14(11(3)4)8-7-12(10-17)15(18)19/h7-8,11,13H,5-6,9H2,1-4H3. The van der Waals surface area contributed by atoms with Gasteiger partial charge < -0.3 is 4.74 Å². The number of nitriles is 1. The molecule has 0 fully saturated rings. The normalized spacial score (nSPS) is 12.0. The number of rotatable bonds is 6. The van der Waals surface area contributed by atoms with Crippen LogP contribution in [0.15, 0.2) is 16.9 Å². The maximum Gasteiger partial charge on any atom is 0.329 e. The zero-order valence-corrected chi connectivity index (χ0v) is 13.0. The van der Waals surface area contributed by atoms with Gasteiger partial charge in [-0.25, -0.2) is 4.79 Å². The van der Waals surface area contributed by atoms with E-state index in [-0.39, 0.29) is 11.5 Å². The molecule has 1 unspecified atom stereocenters. The van der Waals surface area contributed by atoms with Gasteiger partial charge in [-0.3, -0.25) is 9.36 Å². The van der Waals surface area contributed by atoms with Crippen molar-refractivity contribution in [1.29, 1.82) is 5.26 Å². The number of carbonyl (C=O) groups excluding carboxylic acids is 1. The van der Waals surface area contributed by atoms with Crippen molar-refractivity contribution in [2.75, 3.05) is 6.61 Å². The fourth-order valence-corrected chi connectivity index (χ4v) is 2.20. The highest BCUT2D eigenvalue weighted by Gasteiger charge is 2.25. The van der Waals surface area contributed by atoms with Crippen molar-refractivity contribution < 1.29 is 9.53 Å². The molecule has 0 radical (unpaired) electrons. The Bertz CT molecular complexity index is 597. The summed E-state index contributed by atoms with van der Waals surface area (Å²) in [6.45, 7) is 7.96. The molecule has 1 atom stereocenters. The van der Waals surface area contributed by atoms with Crippen LogP contribution in [0.3, 0.4) is 0 Å². The molecule has 0 amide bonds. The second kappa shape index (κ2) is 7.63. The molecule has 5 nitrogen and oxygen atoms in total. The Labute approximate surface area is 125 Å².